The van der Waals surface area contributed by atoms with Crippen molar-refractivity contribution in [2.45, 2.75) is 32.4 Å². The molecule has 3 aromatic carbocycles. The van der Waals surface area contributed by atoms with E-state index in [-0.39, 0.29) is 18.2 Å². The maximum atomic E-state index is 13.8. The summed E-state index contributed by atoms with van der Waals surface area (Å²) in [5, 5.41) is 19.0. The molecule has 9 heteroatoms. The summed E-state index contributed by atoms with van der Waals surface area (Å²) >= 11 is 12.7. The highest BCUT2D eigenvalue weighted by atomic mass is 35.5. The topological polar surface area (TPSA) is 87.7 Å². The van der Waals surface area contributed by atoms with Gasteiger partial charge in [0.1, 0.15) is 17.1 Å². The molecule has 1 aromatic heterocycles. The summed E-state index contributed by atoms with van der Waals surface area (Å²) in [5.41, 5.74) is 3.47. The lowest BCUT2D eigenvalue weighted by molar-refractivity contribution is 0.0730. The van der Waals surface area contributed by atoms with Crippen LogP contribution in [0.2, 0.25) is 10.0 Å². The minimum absolute atomic E-state index is 0.0108. The Hall–Kier alpha value is -3.68. The Morgan fingerprint density at radius 3 is 2.66 bits per heavy atom. The van der Waals surface area contributed by atoms with Crippen LogP contribution in [-0.2, 0) is 6.54 Å². The Bertz CT molecular complexity index is 1490. The molecule has 0 fully saturated rings. The monoisotopic (exact) mass is 551 g/mol. The van der Waals surface area contributed by atoms with Gasteiger partial charge in [0.15, 0.2) is 11.5 Å². The van der Waals surface area contributed by atoms with E-state index in [4.69, 9.17) is 32.7 Å². The molecular weight excluding hydrogens is 525 g/mol. The van der Waals surface area contributed by atoms with E-state index in [2.05, 4.69) is 17.1 Å². The van der Waals surface area contributed by atoms with E-state index in [0.29, 0.717) is 50.7 Å². The van der Waals surface area contributed by atoms with E-state index < -0.39 is 6.04 Å². The van der Waals surface area contributed by atoms with Gasteiger partial charge >= 0.3 is 0 Å². The number of amides is 1. The zero-order valence-electron chi connectivity index (χ0n) is 21.0. The van der Waals surface area contributed by atoms with Crippen molar-refractivity contribution < 1.29 is 19.4 Å². The quantitative estimate of drug-likeness (QED) is 0.218. The van der Waals surface area contributed by atoms with Crippen LogP contribution in [0.3, 0.4) is 0 Å². The average Bonchev–Trinajstić information content (AvgIpc) is 3.46. The fraction of sp³-hybridized carbons (Fsp3) is 0.241. The van der Waals surface area contributed by atoms with Gasteiger partial charge in [-0.1, -0.05) is 60.8 Å². The fourth-order valence-corrected chi connectivity index (χ4v) is 5.09. The fourth-order valence-electron chi connectivity index (χ4n) is 4.72. The van der Waals surface area contributed by atoms with Crippen molar-refractivity contribution in [1.29, 1.82) is 0 Å². The number of H-pyrrole nitrogens is 1. The third-order valence-electron chi connectivity index (χ3n) is 6.63. The second kappa shape index (κ2) is 11.0. The van der Waals surface area contributed by atoms with Crippen molar-refractivity contribution in [2.24, 2.45) is 0 Å². The van der Waals surface area contributed by atoms with Gasteiger partial charge in [-0.3, -0.25) is 9.89 Å². The second-order valence-electron chi connectivity index (χ2n) is 9.06. The zero-order valence-corrected chi connectivity index (χ0v) is 22.5. The molecule has 1 atom stereocenters. The van der Waals surface area contributed by atoms with Crippen LogP contribution in [0.15, 0.2) is 60.7 Å². The molecule has 1 amide bonds. The minimum atomic E-state index is -0.542. The number of nitrogens with zero attached hydrogens (tertiary/aromatic N) is 2. The van der Waals surface area contributed by atoms with Crippen molar-refractivity contribution in [1.82, 2.24) is 15.1 Å². The van der Waals surface area contributed by atoms with Crippen LogP contribution >= 0.6 is 23.2 Å². The number of carbonyl (C=O) groups excluding carboxylic acids is 1. The number of hydrogen-bond donors (Lipinski definition) is 2. The number of rotatable bonds is 9. The summed E-state index contributed by atoms with van der Waals surface area (Å²) in [7, 11) is 1.59. The average molecular weight is 552 g/mol. The van der Waals surface area contributed by atoms with E-state index >= 15 is 0 Å². The predicted octanol–water partition coefficient (Wildman–Crippen LogP) is 7.02. The standard InChI is InChI=1S/C29H27Cl2N3O4/c1-3-4-13-38-23-12-9-17(14-24(23)37-2)28-25-26(20-15-19(30)10-11-22(20)35)32-33-27(25)29(36)34(28)16-18-7-5-6-8-21(18)31/h5-12,14-15,28,35H,3-4,13,16H2,1-2H3,(H,32,33). The first-order valence-corrected chi connectivity index (χ1v) is 13.1. The Labute approximate surface area is 230 Å². The number of hydrogen-bond acceptors (Lipinski definition) is 5. The second-order valence-corrected chi connectivity index (χ2v) is 9.91. The SMILES string of the molecule is CCCCOc1ccc(C2c3c(-c4cc(Cl)ccc4O)n[nH]c3C(=O)N2Cc2ccccc2Cl)cc1OC. The molecule has 1 aliphatic rings. The van der Waals surface area contributed by atoms with Gasteiger partial charge in [0.05, 0.1) is 19.8 Å². The van der Waals surface area contributed by atoms with Gasteiger partial charge in [-0.15, -0.1) is 0 Å². The Morgan fingerprint density at radius 2 is 1.89 bits per heavy atom. The molecule has 0 bridgehead atoms. The highest BCUT2D eigenvalue weighted by Crippen LogP contribution is 2.47. The van der Waals surface area contributed by atoms with Crippen molar-refractivity contribution in [3.8, 4) is 28.5 Å². The molecule has 2 N–H and O–H groups in total. The van der Waals surface area contributed by atoms with E-state index in [0.717, 1.165) is 24.0 Å². The van der Waals surface area contributed by atoms with Gasteiger partial charge < -0.3 is 19.5 Å². The summed E-state index contributed by atoms with van der Waals surface area (Å²) in [6, 6.07) is 17.3. The number of benzene rings is 3. The van der Waals surface area contributed by atoms with Gasteiger partial charge in [-0.25, -0.2) is 0 Å². The molecule has 0 aliphatic carbocycles. The molecule has 0 saturated carbocycles. The highest BCUT2D eigenvalue weighted by Gasteiger charge is 2.43. The number of aromatic amines is 1. The number of fused-ring (bicyclic) bond motifs is 1. The predicted molar refractivity (Wildman–Crippen MR) is 147 cm³/mol. The van der Waals surface area contributed by atoms with Gasteiger partial charge in [-0.05, 0) is 53.9 Å². The van der Waals surface area contributed by atoms with Crippen LogP contribution in [0.25, 0.3) is 11.3 Å². The first kappa shape index (κ1) is 25.9. The third-order valence-corrected chi connectivity index (χ3v) is 7.24. The van der Waals surface area contributed by atoms with Crippen LogP contribution in [0.5, 0.6) is 17.2 Å². The number of ether oxygens (including phenoxy) is 2. The third kappa shape index (κ3) is 4.79. The molecule has 1 aliphatic heterocycles. The smallest absolute Gasteiger partial charge is 0.273 e. The Morgan fingerprint density at radius 1 is 1.08 bits per heavy atom. The van der Waals surface area contributed by atoms with Crippen LogP contribution in [-0.4, -0.2) is 39.8 Å². The van der Waals surface area contributed by atoms with Crippen molar-refractivity contribution in [3.63, 3.8) is 0 Å². The van der Waals surface area contributed by atoms with Gasteiger partial charge in [0, 0.05) is 27.7 Å². The van der Waals surface area contributed by atoms with Gasteiger partial charge in [0.2, 0.25) is 0 Å². The number of nitrogens with one attached hydrogen (secondary N) is 1. The Balaban J connectivity index is 1.64. The summed E-state index contributed by atoms with van der Waals surface area (Å²) in [6.07, 6.45) is 1.95. The number of aromatic hydroxyl groups is 1. The molecule has 196 valence electrons. The van der Waals surface area contributed by atoms with Crippen LogP contribution in [0.4, 0.5) is 0 Å². The van der Waals surface area contributed by atoms with Crippen molar-refractivity contribution >= 4 is 29.1 Å². The highest BCUT2D eigenvalue weighted by molar-refractivity contribution is 6.31. The summed E-state index contributed by atoms with van der Waals surface area (Å²) < 4.78 is 11.6. The van der Waals surface area contributed by atoms with E-state index in [1.165, 1.54) is 6.07 Å². The number of halogens is 2. The van der Waals surface area contributed by atoms with Crippen LogP contribution < -0.4 is 9.47 Å². The van der Waals surface area contributed by atoms with Crippen molar-refractivity contribution in [2.75, 3.05) is 13.7 Å². The molecule has 0 saturated heterocycles. The Kier molecular flexibility index (Phi) is 7.49. The number of phenolic OH excluding ortho intramolecular Hbond substituents is 1. The normalized spacial score (nSPS) is 14.6. The summed E-state index contributed by atoms with van der Waals surface area (Å²) in [6.45, 7) is 2.95. The molecule has 0 spiro atoms. The maximum absolute atomic E-state index is 13.8. The molecular formula is C29H27Cl2N3O4. The number of unbranched alkanes of at least 4 members (excludes halogenated alkanes) is 1. The summed E-state index contributed by atoms with van der Waals surface area (Å²) in [5.74, 6) is 0.976. The largest absolute Gasteiger partial charge is 0.507 e. The number of phenols is 1. The first-order chi connectivity index (χ1) is 18.4. The van der Waals surface area contributed by atoms with Crippen LogP contribution in [0, 0.1) is 0 Å². The number of methoxy groups -OCH3 is 1. The van der Waals surface area contributed by atoms with E-state index in [1.54, 1.807) is 30.2 Å². The van der Waals surface area contributed by atoms with Crippen molar-refractivity contribution in [3.05, 3.63) is 93.1 Å². The molecule has 38 heavy (non-hydrogen) atoms. The van der Waals surface area contributed by atoms with Gasteiger partial charge in [-0.2, -0.15) is 5.10 Å². The van der Waals surface area contributed by atoms with E-state index in [1.807, 2.05) is 36.4 Å². The molecule has 1 unspecified atom stereocenters. The summed E-state index contributed by atoms with van der Waals surface area (Å²) in [4.78, 5) is 15.5. The van der Waals surface area contributed by atoms with Crippen LogP contribution in [0.1, 0.15) is 53.0 Å². The molecule has 5 rings (SSSR count). The molecule has 0 radical (unpaired) electrons. The van der Waals surface area contributed by atoms with Gasteiger partial charge in [0.25, 0.3) is 5.91 Å². The lowest BCUT2D eigenvalue weighted by Crippen LogP contribution is -2.29. The number of aromatic nitrogens is 2. The zero-order chi connectivity index (χ0) is 26.8. The molecule has 2 heterocycles. The minimum Gasteiger partial charge on any atom is -0.507 e. The maximum Gasteiger partial charge on any atom is 0.273 e. The molecule has 4 aromatic rings. The lowest BCUT2D eigenvalue weighted by Gasteiger charge is -2.27. The number of carbonyl (C=O) groups is 1. The lowest BCUT2D eigenvalue weighted by atomic mass is 9.95. The molecule has 7 nitrogen and oxygen atoms in total. The first-order valence-electron chi connectivity index (χ1n) is 12.3. The van der Waals surface area contributed by atoms with E-state index in [9.17, 15) is 9.90 Å².